The molecule has 4 bridgehead atoms. The summed E-state index contributed by atoms with van der Waals surface area (Å²) in [5, 5.41) is 11.3. The van der Waals surface area contributed by atoms with Crippen molar-refractivity contribution in [2.24, 2.45) is 17.8 Å². The van der Waals surface area contributed by atoms with E-state index in [4.69, 9.17) is 10.1 Å². The second-order valence-electron chi connectivity index (χ2n) is 6.21. The molecule has 0 aromatic rings. The van der Waals surface area contributed by atoms with Crippen LogP contribution in [0.15, 0.2) is 0 Å². The lowest BCUT2D eigenvalue weighted by Gasteiger charge is -2.38. The van der Waals surface area contributed by atoms with Crippen LogP contribution in [0.3, 0.4) is 0 Å². The van der Waals surface area contributed by atoms with Crippen LogP contribution in [0.4, 0.5) is 0 Å². The van der Waals surface area contributed by atoms with Crippen molar-refractivity contribution < 1.29 is 4.84 Å². The third-order valence-electron chi connectivity index (χ3n) is 5.23. The molecule has 3 saturated heterocycles. The summed E-state index contributed by atoms with van der Waals surface area (Å²) in [4.78, 5) is 5.85. The van der Waals surface area contributed by atoms with Gasteiger partial charge in [0.15, 0.2) is 6.10 Å². The maximum atomic E-state index is 9.01. The van der Waals surface area contributed by atoms with Crippen LogP contribution in [0.1, 0.15) is 38.5 Å². The maximum Gasteiger partial charge on any atom is 0.167 e. The number of nitrogens with zero attached hydrogens (tertiary/aromatic N) is 2. The Morgan fingerprint density at radius 1 is 1.00 bits per heavy atom. The van der Waals surface area contributed by atoms with E-state index in [2.05, 4.69) is 11.1 Å². The van der Waals surface area contributed by atoms with E-state index in [1.807, 2.05) is 0 Å². The lowest BCUT2D eigenvalue weighted by atomic mass is 9.67. The zero-order chi connectivity index (χ0) is 10.7. The van der Waals surface area contributed by atoms with Crippen LogP contribution in [-0.2, 0) is 4.84 Å². The second-order valence-corrected chi connectivity index (χ2v) is 6.21. The summed E-state index contributed by atoms with van der Waals surface area (Å²) in [6.45, 7) is 0. The molecule has 0 spiro atoms. The molecule has 16 heavy (non-hydrogen) atoms. The van der Waals surface area contributed by atoms with Crippen molar-refractivity contribution in [2.75, 3.05) is 0 Å². The van der Waals surface area contributed by atoms with Gasteiger partial charge in [0.1, 0.15) is 0 Å². The molecule has 3 aliphatic heterocycles. The zero-order valence-electron chi connectivity index (χ0n) is 9.51. The third kappa shape index (κ3) is 1.20. The highest BCUT2D eigenvalue weighted by atomic mass is 16.7. The average Bonchev–Trinajstić information content (AvgIpc) is 2.65. The van der Waals surface area contributed by atoms with Gasteiger partial charge in [-0.15, -0.1) is 0 Å². The number of nitriles is 1. The Hall–Kier alpha value is -0.590. The van der Waals surface area contributed by atoms with Crippen LogP contribution in [0, 0.1) is 29.1 Å². The molecule has 5 fully saturated rings. The smallest absolute Gasteiger partial charge is 0.167 e. The van der Waals surface area contributed by atoms with Crippen LogP contribution in [0.5, 0.6) is 0 Å². The van der Waals surface area contributed by atoms with Crippen LogP contribution < -0.4 is 0 Å². The minimum Gasteiger partial charge on any atom is -0.280 e. The normalized spacial score (nSPS) is 54.7. The molecule has 0 aromatic heterocycles. The monoisotopic (exact) mass is 218 g/mol. The fourth-order valence-electron chi connectivity index (χ4n) is 4.81. The molecular weight excluding hydrogens is 200 g/mol. The molecule has 2 unspecified atom stereocenters. The van der Waals surface area contributed by atoms with E-state index in [0.29, 0.717) is 12.1 Å². The first-order chi connectivity index (χ1) is 7.83. The van der Waals surface area contributed by atoms with Crippen molar-refractivity contribution in [1.29, 1.82) is 5.26 Å². The van der Waals surface area contributed by atoms with Gasteiger partial charge in [0, 0.05) is 18.5 Å². The molecule has 3 nitrogen and oxygen atoms in total. The summed E-state index contributed by atoms with van der Waals surface area (Å²) in [6.07, 6.45) is 7.70. The van der Waals surface area contributed by atoms with Crippen molar-refractivity contribution in [3.63, 3.8) is 0 Å². The fourth-order valence-corrected chi connectivity index (χ4v) is 4.81. The van der Waals surface area contributed by atoms with E-state index >= 15 is 0 Å². The largest absolute Gasteiger partial charge is 0.280 e. The zero-order valence-corrected chi connectivity index (χ0v) is 9.51. The van der Waals surface area contributed by atoms with Crippen molar-refractivity contribution in [3.8, 4) is 6.07 Å². The molecule has 2 aliphatic carbocycles. The lowest BCUT2D eigenvalue weighted by Crippen LogP contribution is -2.39. The van der Waals surface area contributed by atoms with E-state index < -0.39 is 0 Å². The van der Waals surface area contributed by atoms with E-state index in [-0.39, 0.29) is 6.10 Å². The number of hydroxylamine groups is 2. The Balaban J connectivity index is 1.68. The standard InChI is InChI=1S/C13H18N2O/c14-7-12-6-13-10-2-8-1-9(3-10)5-11(4-8)15(13)16-12/h8-13H,1-6H2/t8?,9?,10?,11?,12-,13-/m1/s1. The summed E-state index contributed by atoms with van der Waals surface area (Å²) in [5.41, 5.74) is 0. The van der Waals surface area contributed by atoms with Crippen LogP contribution in [-0.4, -0.2) is 23.3 Å². The van der Waals surface area contributed by atoms with Gasteiger partial charge in [-0.1, -0.05) is 0 Å². The topological polar surface area (TPSA) is 36.3 Å². The first-order valence-electron chi connectivity index (χ1n) is 6.68. The molecule has 4 atom stereocenters. The Morgan fingerprint density at radius 3 is 2.44 bits per heavy atom. The van der Waals surface area contributed by atoms with Crippen LogP contribution in [0.25, 0.3) is 0 Å². The molecule has 0 aromatic carbocycles. The van der Waals surface area contributed by atoms with Crippen LogP contribution in [0.2, 0.25) is 0 Å². The summed E-state index contributed by atoms with van der Waals surface area (Å²) in [7, 11) is 0. The Kier molecular flexibility index (Phi) is 1.89. The summed E-state index contributed by atoms with van der Waals surface area (Å²) >= 11 is 0. The molecule has 5 aliphatic rings. The highest BCUT2D eigenvalue weighted by Crippen LogP contribution is 2.52. The molecular formula is C13H18N2O. The van der Waals surface area contributed by atoms with E-state index in [1.54, 1.807) is 0 Å². The van der Waals surface area contributed by atoms with Gasteiger partial charge in [0.2, 0.25) is 0 Å². The van der Waals surface area contributed by atoms with Gasteiger partial charge >= 0.3 is 0 Å². The molecule has 5 rings (SSSR count). The van der Waals surface area contributed by atoms with Gasteiger partial charge in [0.05, 0.1) is 6.07 Å². The van der Waals surface area contributed by atoms with Gasteiger partial charge < -0.3 is 0 Å². The van der Waals surface area contributed by atoms with E-state index in [1.165, 1.54) is 32.1 Å². The summed E-state index contributed by atoms with van der Waals surface area (Å²) < 4.78 is 0. The van der Waals surface area contributed by atoms with Gasteiger partial charge in [-0.3, -0.25) is 4.84 Å². The minimum atomic E-state index is -0.164. The SMILES string of the molecule is N#C[C@H]1C[C@@H]2C3CC4CC(C3)CC(C4)N2O1. The van der Waals surface area contributed by atoms with Crippen molar-refractivity contribution in [2.45, 2.75) is 56.7 Å². The molecule has 3 heterocycles. The predicted molar refractivity (Wildman–Crippen MR) is 58.1 cm³/mol. The van der Waals surface area contributed by atoms with E-state index in [9.17, 15) is 0 Å². The highest BCUT2D eigenvalue weighted by molar-refractivity contribution is 5.03. The van der Waals surface area contributed by atoms with E-state index in [0.717, 1.165) is 24.2 Å². The molecule has 0 radical (unpaired) electrons. The third-order valence-corrected chi connectivity index (χ3v) is 5.23. The summed E-state index contributed by atoms with van der Waals surface area (Å²) in [6, 6.07) is 3.47. The number of rotatable bonds is 0. The Bertz CT molecular complexity index is 312. The van der Waals surface area contributed by atoms with Crippen molar-refractivity contribution in [3.05, 3.63) is 0 Å². The molecule has 2 saturated carbocycles. The first-order valence-corrected chi connectivity index (χ1v) is 6.68. The lowest BCUT2D eigenvalue weighted by molar-refractivity contribution is -0.182. The molecule has 0 N–H and O–H groups in total. The molecule has 86 valence electrons. The molecule has 3 heteroatoms. The average molecular weight is 218 g/mol. The minimum absolute atomic E-state index is 0.164. The molecule has 0 amide bonds. The van der Waals surface area contributed by atoms with Gasteiger partial charge in [-0.25, -0.2) is 0 Å². The fraction of sp³-hybridized carbons (Fsp3) is 0.923. The predicted octanol–water partition coefficient (Wildman–Crippen LogP) is 2.09. The van der Waals surface area contributed by atoms with Crippen molar-refractivity contribution in [1.82, 2.24) is 5.06 Å². The van der Waals surface area contributed by atoms with Crippen LogP contribution >= 0.6 is 0 Å². The van der Waals surface area contributed by atoms with Gasteiger partial charge in [-0.2, -0.15) is 10.3 Å². The maximum absolute atomic E-state index is 9.01. The quantitative estimate of drug-likeness (QED) is 0.624. The van der Waals surface area contributed by atoms with Crippen molar-refractivity contribution >= 4 is 0 Å². The van der Waals surface area contributed by atoms with Gasteiger partial charge in [-0.05, 0) is 49.9 Å². The highest BCUT2D eigenvalue weighted by Gasteiger charge is 2.51. The number of hydrogen-bond donors (Lipinski definition) is 0. The first kappa shape index (κ1) is 9.44. The Morgan fingerprint density at radius 2 is 1.75 bits per heavy atom. The van der Waals surface area contributed by atoms with Gasteiger partial charge in [0.25, 0.3) is 0 Å². The summed E-state index contributed by atoms with van der Waals surface area (Å²) in [5.74, 6) is 2.73. The number of hydrogen-bond acceptors (Lipinski definition) is 3. The Labute approximate surface area is 96.3 Å². The second kappa shape index (κ2) is 3.21.